The van der Waals surface area contributed by atoms with Crippen LogP contribution in [0.25, 0.3) is 0 Å². The second-order valence-corrected chi connectivity index (χ2v) is 14.1. The maximum atomic E-state index is 14.6. The van der Waals surface area contributed by atoms with Gasteiger partial charge in [-0.2, -0.15) is 0 Å². The molecule has 2 amide bonds. The Hall–Kier alpha value is -3.85. The van der Waals surface area contributed by atoms with Gasteiger partial charge < -0.3 is 10.2 Å². The minimum absolute atomic E-state index is 0.000322. The highest BCUT2D eigenvalue weighted by atomic mass is 35.5. The largest absolute Gasteiger partial charge is 0.352 e. The molecule has 5 rings (SSSR count). The third-order valence-electron chi connectivity index (χ3n) is 8.27. The number of sulfonamides is 1. The number of carbonyl (C=O) groups is 2. The Morgan fingerprint density at radius 2 is 1.33 bits per heavy atom. The van der Waals surface area contributed by atoms with E-state index in [1.807, 2.05) is 30.3 Å². The van der Waals surface area contributed by atoms with Crippen LogP contribution in [0.2, 0.25) is 10.0 Å². The molecule has 240 valence electrons. The second kappa shape index (κ2) is 15.6. The zero-order valence-electron chi connectivity index (χ0n) is 25.4. The van der Waals surface area contributed by atoms with E-state index in [2.05, 4.69) is 5.32 Å². The molecule has 0 unspecified atom stereocenters. The van der Waals surface area contributed by atoms with E-state index in [9.17, 15) is 18.0 Å². The summed E-state index contributed by atoms with van der Waals surface area (Å²) in [7, 11) is -4.17. The van der Waals surface area contributed by atoms with E-state index in [-0.39, 0.29) is 29.8 Å². The van der Waals surface area contributed by atoms with Crippen molar-refractivity contribution in [1.82, 2.24) is 10.2 Å². The Morgan fingerprint density at radius 1 is 0.761 bits per heavy atom. The van der Waals surface area contributed by atoms with Crippen LogP contribution >= 0.6 is 23.2 Å². The molecule has 1 atom stereocenters. The van der Waals surface area contributed by atoms with Crippen LogP contribution in [0.1, 0.15) is 43.2 Å². The number of para-hydroxylation sites is 1. The molecule has 4 aromatic rings. The van der Waals surface area contributed by atoms with Gasteiger partial charge in [-0.1, -0.05) is 115 Å². The van der Waals surface area contributed by atoms with Gasteiger partial charge in [0.25, 0.3) is 10.0 Å². The van der Waals surface area contributed by atoms with E-state index in [1.165, 1.54) is 17.0 Å². The summed E-state index contributed by atoms with van der Waals surface area (Å²) in [5.41, 5.74) is 1.65. The topological polar surface area (TPSA) is 86.8 Å². The molecule has 46 heavy (non-hydrogen) atoms. The summed E-state index contributed by atoms with van der Waals surface area (Å²) in [6, 6.07) is 30.0. The third-order valence-corrected chi connectivity index (χ3v) is 10.8. The van der Waals surface area contributed by atoms with Crippen molar-refractivity contribution in [2.24, 2.45) is 0 Å². The van der Waals surface area contributed by atoms with Crippen LogP contribution in [-0.2, 0) is 32.6 Å². The first kappa shape index (κ1) is 33.5. The van der Waals surface area contributed by atoms with E-state index in [0.717, 1.165) is 42.0 Å². The van der Waals surface area contributed by atoms with Gasteiger partial charge in [-0.25, -0.2) is 8.42 Å². The van der Waals surface area contributed by atoms with Crippen LogP contribution < -0.4 is 9.62 Å². The van der Waals surface area contributed by atoms with Gasteiger partial charge in [-0.15, -0.1) is 0 Å². The molecule has 0 spiro atoms. The van der Waals surface area contributed by atoms with Crippen molar-refractivity contribution < 1.29 is 18.0 Å². The molecule has 1 saturated carbocycles. The number of halogens is 2. The predicted octanol–water partition coefficient (Wildman–Crippen LogP) is 7.28. The molecular weight excluding hydrogens is 641 g/mol. The number of nitrogens with zero attached hydrogens (tertiary/aromatic N) is 2. The SMILES string of the molecule is O=C(NC1CCCCC1)[C@@H](Cc1ccccc1)N(Cc1c(Cl)cccc1Cl)C(=O)CN(c1ccccc1)S(=O)(=O)c1ccccc1. The smallest absolute Gasteiger partial charge is 0.264 e. The first-order chi connectivity index (χ1) is 22.2. The fourth-order valence-corrected chi connectivity index (χ4v) is 7.75. The fraction of sp³-hybridized carbons (Fsp3) is 0.278. The van der Waals surface area contributed by atoms with E-state index in [4.69, 9.17) is 23.2 Å². The molecule has 7 nitrogen and oxygen atoms in total. The first-order valence-corrected chi connectivity index (χ1v) is 17.6. The van der Waals surface area contributed by atoms with Crippen molar-refractivity contribution >= 4 is 50.7 Å². The molecule has 1 fully saturated rings. The second-order valence-electron chi connectivity index (χ2n) is 11.4. The summed E-state index contributed by atoms with van der Waals surface area (Å²) in [4.78, 5) is 30.3. The van der Waals surface area contributed by atoms with Crippen LogP contribution in [0.4, 0.5) is 5.69 Å². The van der Waals surface area contributed by atoms with Gasteiger partial charge in [0, 0.05) is 34.6 Å². The first-order valence-electron chi connectivity index (χ1n) is 15.4. The van der Waals surface area contributed by atoms with E-state index in [0.29, 0.717) is 21.3 Å². The maximum absolute atomic E-state index is 14.6. The Morgan fingerprint density at radius 3 is 1.93 bits per heavy atom. The average Bonchev–Trinajstić information content (AvgIpc) is 3.08. The zero-order valence-corrected chi connectivity index (χ0v) is 27.7. The minimum atomic E-state index is -4.17. The molecule has 0 saturated heterocycles. The number of nitrogens with one attached hydrogen (secondary N) is 1. The minimum Gasteiger partial charge on any atom is -0.352 e. The molecule has 0 aliphatic heterocycles. The molecule has 0 bridgehead atoms. The lowest BCUT2D eigenvalue weighted by molar-refractivity contribution is -0.140. The van der Waals surface area contributed by atoms with Crippen LogP contribution in [0.5, 0.6) is 0 Å². The lowest BCUT2D eigenvalue weighted by Crippen LogP contribution is -2.55. The van der Waals surface area contributed by atoms with Crippen molar-refractivity contribution in [3.8, 4) is 0 Å². The van der Waals surface area contributed by atoms with E-state index in [1.54, 1.807) is 66.7 Å². The summed E-state index contributed by atoms with van der Waals surface area (Å²) in [5, 5.41) is 3.88. The molecule has 1 aliphatic carbocycles. The summed E-state index contributed by atoms with van der Waals surface area (Å²) in [6.07, 6.45) is 5.12. The van der Waals surface area contributed by atoms with Gasteiger partial charge in [0.15, 0.2) is 0 Å². The lowest BCUT2D eigenvalue weighted by atomic mass is 9.94. The van der Waals surface area contributed by atoms with Gasteiger partial charge in [0.05, 0.1) is 10.6 Å². The lowest BCUT2D eigenvalue weighted by Gasteiger charge is -2.35. The van der Waals surface area contributed by atoms with E-state index < -0.39 is 28.5 Å². The number of amides is 2. The quantitative estimate of drug-likeness (QED) is 0.171. The molecule has 10 heteroatoms. The van der Waals surface area contributed by atoms with Gasteiger partial charge in [-0.05, 0) is 54.8 Å². The van der Waals surface area contributed by atoms with Crippen molar-refractivity contribution in [3.05, 3.63) is 130 Å². The van der Waals surface area contributed by atoms with Crippen molar-refractivity contribution in [1.29, 1.82) is 0 Å². The van der Waals surface area contributed by atoms with Crippen LogP contribution in [-0.4, -0.2) is 43.8 Å². The monoisotopic (exact) mass is 677 g/mol. The predicted molar refractivity (Wildman–Crippen MR) is 183 cm³/mol. The van der Waals surface area contributed by atoms with Crippen molar-refractivity contribution in [3.63, 3.8) is 0 Å². The van der Waals surface area contributed by atoms with E-state index >= 15 is 0 Å². The Bertz CT molecular complexity index is 1700. The number of hydrogen-bond acceptors (Lipinski definition) is 4. The molecule has 1 aliphatic rings. The third kappa shape index (κ3) is 8.29. The number of anilines is 1. The van der Waals surface area contributed by atoms with Crippen LogP contribution in [0.3, 0.4) is 0 Å². The van der Waals surface area contributed by atoms with Gasteiger partial charge in [-0.3, -0.25) is 13.9 Å². The summed E-state index contributed by atoms with van der Waals surface area (Å²) in [6.45, 7) is -0.647. The number of hydrogen-bond donors (Lipinski definition) is 1. The summed E-state index contributed by atoms with van der Waals surface area (Å²) in [5.74, 6) is -0.872. The molecular formula is C36H37Cl2N3O4S. The maximum Gasteiger partial charge on any atom is 0.264 e. The van der Waals surface area contributed by atoms with Gasteiger partial charge in [0.1, 0.15) is 12.6 Å². The standard InChI is InChI=1S/C36H37Cl2N3O4S/c37-32-22-13-23-33(38)31(32)25-40(34(24-27-14-5-1-6-15-27)36(43)39-28-16-7-2-8-17-28)35(42)26-41(29-18-9-3-10-19-29)46(44,45)30-20-11-4-12-21-30/h1,3-6,9-15,18-23,28,34H,2,7-8,16-17,24-26H2,(H,39,43)/t34-/m1/s1. The van der Waals surface area contributed by atoms with Crippen LogP contribution in [0, 0.1) is 0 Å². The van der Waals surface area contributed by atoms with Crippen molar-refractivity contribution in [2.45, 2.75) is 62.0 Å². The van der Waals surface area contributed by atoms with Gasteiger partial charge in [0.2, 0.25) is 11.8 Å². The molecule has 1 N–H and O–H groups in total. The Labute approximate surface area is 281 Å². The zero-order chi connectivity index (χ0) is 32.5. The number of rotatable bonds is 12. The highest BCUT2D eigenvalue weighted by Gasteiger charge is 2.36. The number of benzene rings is 4. The average molecular weight is 679 g/mol. The molecule has 4 aromatic carbocycles. The highest BCUT2D eigenvalue weighted by Crippen LogP contribution is 2.29. The normalized spacial score (nSPS) is 14.3. The van der Waals surface area contributed by atoms with Gasteiger partial charge >= 0.3 is 0 Å². The van der Waals surface area contributed by atoms with Crippen molar-refractivity contribution in [2.75, 3.05) is 10.8 Å². The summed E-state index contributed by atoms with van der Waals surface area (Å²) >= 11 is 13.2. The fourth-order valence-electron chi connectivity index (χ4n) is 5.79. The molecule has 0 aromatic heterocycles. The Balaban J connectivity index is 1.57. The van der Waals surface area contributed by atoms with Crippen LogP contribution in [0.15, 0.2) is 114 Å². The number of carbonyl (C=O) groups excluding carboxylic acids is 2. The molecule has 0 heterocycles. The Kier molecular flexibility index (Phi) is 11.4. The summed E-state index contributed by atoms with van der Waals surface area (Å²) < 4.78 is 29.2. The highest BCUT2D eigenvalue weighted by molar-refractivity contribution is 7.92. The molecule has 0 radical (unpaired) electrons.